The first-order valence-electron chi connectivity index (χ1n) is 8.91. The van der Waals surface area contributed by atoms with Gasteiger partial charge in [0.2, 0.25) is 5.91 Å². The Kier molecular flexibility index (Phi) is 5.80. The van der Waals surface area contributed by atoms with E-state index in [-0.39, 0.29) is 30.7 Å². The number of amides is 4. The molecule has 7 heteroatoms. The molecule has 2 aromatic rings. The van der Waals surface area contributed by atoms with Crippen LogP contribution < -0.4 is 10.6 Å². The first-order valence-corrected chi connectivity index (χ1v) is 8.91. The lowest BCUT2D eigenvalue weighted by Crippen LogP contribution is -2.34. The molecule has 0 unspecified atom stereocenters. The Hall–Kier alpha value is -3.22. The number of pyridine rings is 1. The molecule has 1 aliphatic heterocycles. The summed E-state index contributed by atoms with van der Waals surface area (Å²) in [5, 5.41) is 5.45. The van der Waals surface area contributed by atoms with Gasteiger partial charge in [0.15, 0.2) is 0 Å². The SMILES string of the molecule is C[C@H](c1ccccc1)N1C(=O)N[C@@H](CCC(=O)NCc2ccccn2)C1=O. The van der Waals surface area contributed by atoms with E-state index in [4.69, 9.17) is 0 Å². The van der Waals surface area contributed by atoms with Crippen LogP contribution in [0, 0.1) is 0 Å². The maximum atomic E-state index is 12.6. The van der Waals surface area contributed by atoms with Gasteiger partial charge in [0.1, 0.15) is 6.04 Å². The summed E-state index contributed by atoms with van der Waals surface area (Å²) in [5.41, 5.74) is 1.65. The van der Waals surface area contributed by atoms with Gasteiger partial charge in [-0.3, -0.25) is 19.5 Å². The van der Waals surface area contributed by atoms with Gasteiger partial charge >= 0.3 is 6.03 Å². The topological polar surface area (TPSA) is 91.4 Å². The van der Waals surface area contributed by atoms with E-state index < -0.39 is 12.1 Å². The second kappa shape index (κ2) is 8.44. The van der Waals surface area contributed by atoms with Crippen LogP contribution in [-0.4, -0.2) is 33.8 Å². The number of rotatable bonds is 7. The smallest absolute Gasteiger partial charge is 0.325 e. The maximum absolute atomic E-state index is 12.6. The molecule has 1 aromatic heterocycles. The van der Waals surface area contributed by atoms with Crippen LogP contribution in [-0.2, 0) is 16.1 Å². The Bertz CT molecular complexity index is 810. The second-order valence-electron chi connectivity index (χ2n) is 6.43. The first kappa shape index (κ1) is 18.6. The molecule has 2 atom stereocenters. The largest absolute Gasteiger partial charge is 0.350 e. The summed E-state index contributed by atoms with van der Waals surface area (Å²) >= 11 is 0. The number of urea groups is 1. The number of hydrogen-bond donors (Lipinski definition) is 2. The van der Waals surface area contributed by atoms with E-state index in [1.165, 1.54) is 4.90 Å². The number of hydrogen-bond acceptors (Lipinski definition) is 4. The van der Waals surface area contributed by atoms with Crippen molar-refractivity contribution in [2.45, 2.75) is 38.4 Å². The number of nitrogens with one attached hydrogen (secondary N) is 2. The molecule has 0 aliphatic carbocycles. The summed E-state index contributed by atoms with van der Waals surface area (Å²) in [6.07, 6.45) is 2.07. The Morgan fingerprint density at radius 2 is 1.93 bits per heavy atom. The van der Waals surface area contributed by atoms with Crippen LogP contribution in [0.4, 0.5) is 4.79 Å². The van der Waals surface area contributed by atoms with E-state index in [2.05, 4.69) is 15.6 Å². The summed E-state index contributed by atoms with van der Waals surface area (Å²) in [7, 11) is 0. The number of carbonyl (C=O) groups excluding carboxylic acids is 3. The van der Waals surface area contributed by atoms with Crippen LogP contribution in [0.1, 0.15) is 37.1 Å². The summed E-state index contributed by atoms with van der Waals surface area (Å²) in [4.78, 5) is 42.3. The van der Waals surface area contributed by atoms with Crippen molar-refractivity contribution in [3.8, 4) is 0 Å². The van der Waals surface area contributed by atoms with Gasteiger partial charge in [-0.2, -0.15) is 0 Å². The van der Waals surface area contributed by atoms with Crippen molar-refractivity contribution >= 4 is 17.8 Å². The minimum atomic E-state index is -0.677. The number of carbonyl (C=O) groups is 3. The van der Waals surface area contributed by atoms with E-state index in [1.54, 1.807) is 6.20 Å². The van der Waals surface area contributed by atoms with Crippen molar-refractivity contribution < 1.29 is 14.4 Å². The normalized spacial score (nSPS) is 17.5. The molecule has 2 heterocycles. The molecule has 4 amide bonds. The fraction of sp³-hybridized carbons (Fsp3) is 0.300. The fourth-order valence-corrected chi connectivity index (χ4v) is 3.05. The molecule has 140 valence electrons. The lowest BCUT2D eigenvalue weighted by atomic mass is 10.1. The van der Waals surface area contributed by atoms with Crippen LogP contribution in [0.25, 0.3) is 0 Å². The summed E-state index contributed by atoms with van der Waals surface area (Å²) < 4.78 is 0. The highest BCUT2D eigenvalue weighted by atomic mass is 16.2. The molecular weight excluding hydrogens is 344 g/mol. The molecule has 0 saturated carbocycles. The minimum Gasteiger partial charge on any atom is -0.350 e. The van der Waals surface area contributed by atoms with Gasteiger partial charge in [-0.1, -0.05) is 36.4 Å². The minimum absolute atomic E-state index is 0.150. The predicted octanol–water partition coefficient (Wildman–Crippen LogP) is 2.16. The lowest BCUT2D eigenvalue weighted by Gasteiger charge is -2.21. The average molecular weight is 366 g/mol. The van der Waals surface area contributed by atoms with E-state index in [9.17, 15) is 14.4 Å². The van der Waals surface area contributed by atoms with Crippen LogP contribution in [0.3, 0.4) is 0 Å². The van der Waals surface area contributed by atoms with Gasteiger partial charge in [-0.15, -0.1) is 0 Å². The van der Waals surface area contributed by atoms with Crippen molar-refractivity contribution in [1.82, 2.24) is 20.5 Å². The summed E-state index contributed by atoms with van der Waals surface area (Å²) in [5.74, 6) is -0.480. The zero-order valence-electron chi connectivity index (χ0n) is 15.1. The maximum Gasteiger partial charge on any atom is 0.325 e. The Morgan fingerprint density at radius 3 is 2.63 bits per heavy atom. The van der Waals surface area contributed by atoms with Crippen LogP contribution in [0.2, 0.25) is 0 Å². The van der Waals surface area contributed by atoms with Crippen molar-refractivity contribution in [3.63, 3.8) is 0 Å². The van der Waals surface area contributed by atoms with Crippen LogP contribution in [0.15, 0.2) is 54.7 Å². The molecule has 2 N–H and O–H groups in total. The van der Waals surface area contributed by atoms with Crippen molar-refractivity contribution in [3.05, 3.63) is 66.0 Å². The second-order valence-corrected chi connectivity index (χ2v) is 6.43. The van der Waals surface area contributed by atoms with E-state index in [1.807, 2.05) is 55.5 Å². The molecule has 1 aliphatic rings. The lowest BCUT2D eigenvalue weighted by molar-refractivity contribution is -0.129. The molecule has 7 nitrogen and oxygen atoms in total. The van der Waals surface area contributed by atoms with Crippen molar-refractivity contribution in [2.75, 3.05) is 0 Å². The third kappa shape index (κ3) is 4.49. The monoisotopic (exact) mass is 366 g/mol. The standard InChI is InChI=1S/C20H22N4O3/c1-14(15-7-3-2-4-8-15)24-19(26)17(23-20(24)27)10-11-18(25)22-13-16-9-5-6-12-21-16/h2-9,12,14,17H,10-11,13H2,1H3,(H,22,25)(H,23,27)/t14-,17+/m1/s1. The Morgan fingerprint density at radius 1 is 1.19 bits per heavy atom. The fourth-order valence-electron chi connectivity index (χ4n) is 3.05. The molecule has 1 fully saturated rings. The quantitative estimate of drug-likeness (QED) is 0.735. The zero-order chi connectivity index (χ0) is 19.2. The Labute approximate surface area is 157 Å². The van der Waals surface area contributed by atoms with E-state index in [0.717, 1.165) is 11.3 Å². The highest BCUT2D eigenvalue weighted by Gasteiger charge is 2.40. The zero-order valence-corrected chi connectivity index (χ0v) is 15.1. The van der Waals surface area contributed by atoms with Gasteiger partial charge in [0, 0.05) is 12.6 Å². The molecule has 0 bridgehead atoms. The number of aromatic nitrogens is 1. The van der Waals surface area contributed by atoms with Crippen LogP contribution in [0.5, 0.6) is 0 Å². The van der Waals surface area contributed by atoms with Gasteiger partial charge in [0.05, 0.1) is 18.3 Å². The molecular formula is C20H22N4O3. The van der Waals surface area contributed by atoms with Gasteiger partial charge in [0.25, 0.3) is 5.91 Å². The number of nitrogens with zero attached hydrogens (tertiary/aromatic N) is 2. The summed E-state index contributed by atoms with van der Waals surface area (Å²) in [6.45, 7) is 2.15. The van der Waals surface area contributed by atoms with Gasteiger partial charge < -0.3 is 10.6 Å². The molecule has 3 rings (SSSR count). The van der Waals surface area contributed by atoms with E-state index >= 15 is 0 Å². The third-order valence-corrected chi connectivity index (χ3v) is 4.57. The molecule has 0 spiro atoms. The third-order valence-electron chi connectivity index (χ3n) is 4.57. The molecule has 27 heavy (non-hydrogen) atoms. The Balaban J connectivity index is 1.52. The van der Waals surface area contributed by atoms with Crippen molar-refractivity contribution in [2.24, 2.45) is 0 Å². The van der Waals surface area contributed by atoms with Crippen LogP contribution >= 0.6 is 0 Å². The molecule has 1 aromatic carbocycles. The summed E-state index contributed by atoms with van der Waals surface area (Å²) in [6, 6.07) is 13.4. The predicted molar refractivity (Wildman–Crippen MR) is 99.3 cm³/mol. The first-order chi connectivity index (χ1) is 13.1. The molecule has 1 saturated heterocycles. The van der Waals surface area contributed by atoms with Gasteiger partial charge in [-0.25, -0.2) is 4.79 Å². The van der Waals surface area contributed by atoms with Crippen molar-refractivity contribution in [1.29, 1.82) is 0 Å². The number of imide groups is 1. The van der Waals surface area contributed by atoms with E-state index in [0.29, 0.717) is 6.54 Å². The highest BCUT2D eigenvalue weighted by molar-refractivity contribution is 6.04. The number of benzene rings is 1. The highest BCUT2D eigenvalue weighted by Crippen LogP contribution is 2.25. The molecule has 0 radical (unpaired) electrons. The van der Waals surface area contributed by atoms with Gasteiger partial charge in [-0.05, 0) is 31.0 Å². The average Bonchev–Trinajstić information content (AvgIpc) is 2.99.